The van der Waals surface area contributed by atoms with Crippen molar-refractivity contribution in [3.63, 3.8) is 0 Å². The highest BCUT2D eigenvalue weighted by Crippen LogP contribution is 2.27. The van der Waals surface area contributed by atoms with E-state index in [0.29, 0.717) is 5.58 Å². The average Bonchev–Trinajstić information content (AvgIpc) is 2.95. The van der Waals surface area contributed by atoms with E-state index in [2.05, 4.69) is 26.6 Å². The van der Waals surface area contributed by atoms with Crippen molar-refractivity contribution in [2.45, 2.75) is 6.92 Å². The van der Waals surface area contributed by atoms with Gasteiger partial charge in [0.1, 0.15) is 11.4 Å². The molecule has 2 N–H and O–H groups in total. The number of aryl methyl sites for hydroxylation is 1. The first-order chi connectivity index (χ1) is 12.5. The van der Waals surface area contributed by atoms with Gasteiger partial charge in [-0.15, -0.1) is 0 Å². The minimum absolute atomic E-state index is 0.0301. The van der Waals surface area contributed by atoms with E-state index in [1.54, 1.807) is 12.1 Å². The van der Waals surface area contributed by atoms with Crippen molar-refractivity contribution < 1.29 is 18.4 Å². The van der Waals surface area contributed by atoms with Crippen molar-refractivity contribution in [2.75, 3.05) is 13.1 Å². The van der Waals surface area contributed by atoms with Crippen LogP contribution in [0, 0.1) is 12.7 Å². The zero-order valence-electron chi connectivity index (χ0n) is 13.9. The molecule has 1 heterocycles. The number of halogens is 2. The zero-order chi connectivity index (χ0) is 18.7. The topological polar surface area (TPSA) is 71.3 Å². The van der Waals surface area contributed by atoms with E-state index < -0.39 is 11.7 Å². The third-order valence-electron chi connectivity index (χ3n) is 3.92. The van der Waals surface area contributed by atoms with E-state index in [-0.39, 0.29) is 30.3 Å². The smallest absolute Gasteiger partial charge is 0.287 e. The fourth-order valence-corrected chi connectivity index (χ4v) is 2.94. The van der Waals surface area contributed by atoms with Gasteiger partial charge in [-0.2, -0.15) is 0 Å². The highest BCUT2D eigenvalue weighted by atomic mass is 79.9. The monoisotopic (exact) mass is 418 g/mol. The number of hydrogen-bond acceptors (Lipinski definition) is 3. The van der Waals surface area contributed by atoms with E-state index in [9.17, 15) is 14.0 Å². The Morgan fingerprint density at radius 1 is 1.08 bits per heavy atom. The number of hydrogen-bond donors (Lipinski definition) is 2. The van der Waals surface area contributed by atoms with Crippen LogP contribution in [-0.2, 0) is 0 Å². The number of carbonyl (C=O) groups is 2. The van der Waals surface area contributed by atoms with Crippen LogP contribution in [0.25, 0.3) is 11.0 Å². The Bertz CT molecular complexity index is 984. The molecule has 1 aromatic heterocycles. The molecule has 26 heavy (non-hydrogen) atoms. The lowest BCUT2D eigenvalue weighted by Gasteiger charge is -2.07. The first kappa shape index (κ1) is 18.1. The molecule has 3 rings (SSSR count). The second-order valence-corrected chi connectivity index (χ2v) is 6.60. The Hall–Kier alpha value is -2.67. The van der Waals surface area contributed by atoms with Gasteiger partial charge in [0.15, 0.2) is 5.76 Å². The zero-order valence-corrected chi connectivity index (χ0v) is 15.5. The Labute approximate surface area is 157 Å². The third kappa shape index (κ3) is 3.77. The molecular formula is C19H16BrFN2O3. The van der Waals surface area contributed by atoms with Crippen molar-refractivity contribution in [2.24, 2.45) is 0 Å². The van der Waals surface area contributed by atoms with Gasteiger partial charge in [0.2, 0.25) is 0 Å². The van der Waals surface area contributed by atoms with Gasteiger partial charge in [-0.1, -0.05) is 28.1 Å². The number of fused-ring (bicyclic) bond motifs is 1. The summed E-state index contributed by atoms with van der Waals surface area (Å²) < 4.78 is 20.0. The summed E-state index contributed by atoms with van der Waals surface area (Å²) in [4.78, 5) is 24.2. The quantitative estimate of drug-likeness (QED) is 0.618. The number of carbonyl (C=O) groups excluding carboxylic acids is 2. The van der Waals surface area contributed by atoms with Crippen LogP contribution in [0.1, 0.15) is 26.5 Å². The van der Waals surface area contributed by atoms with E-state index in [1.807, 2.05) is 19.1 Å². The summed E-state index contributed by atoms with van der Waals surface area (Å²) in [5, 5.41) is 6.11. The van der Waals surface area contributed by atoms with Gasteiger partial charge in [0, 0.05) is 28.5 Å². The number of nitrogens with one attached hydrogen (secondary N) is 2. The fraction of sp³-hybridized carbons (Fsp3) is 0.158. The van der Waals surface area contributed by atoms with Gasteiger partial charge in [0.05, 0.1) is 5.56 Å². The predicted octanol–water partition coefficient (Wildman–Crippen LogP) is 3.80. The Kier molecular flexibility index (Phi) is 5.37. The highest BCUT2D eigenvalue weighted by Gasteiger charge is 2.17. The van der Waals surface area contributed by atoms with Gasteiger partial charge in [0.25, 0.3) is 11.8 Å². The van der Waals surface area contributed by atoms with Gasteiger partial charge >= 0.3 is 0 Å². The van der Waals surface area contributed by atoms with Gasteiger partial charge in [-0.05, 0) is 37.3 Å². The first-order valence-electron chi connectivity index (χ1n) is 7.97. The lowest BCUT2D eigenvalue weighted by Crippen LogP contribution is -2.35. The predicted molar refractivity (Wildman–Crippen MR) is 99.7 cm³/mol. The molecule has 2 amide bonds. The molecule has 5 nitrogen and oxygen atoms in total. The molecule has 0 aliphatic carbocycles. The second-order valence-electron chi connectivity index (χ2n) is 5.69. The molecule has 0 spiro atoms. The van der Waals surface area contributed by atoms with Crippen molar-refractivity contribution in [3.05, 3.63) is 69.6 Å². The molecule has 0 bridgehead atoms. The second kappa shape index (κ2) is 7.70. The van der Waals surface area contributed by atoms with Crippen LogP contribution >= 0.6 is 15.9 Å². The fourth-order valence-electron chi connectivity index (χ4n) is 2.58. The molecule has 0 unspecified atom stereocenters. The molecule has 2 aromatic carbocycles. The number of benzene rings is 2. The van der Waals surface area contributed by atoms with Crippen LogP contribution < -0.4 is 10.6 Å². The number of furan rings is 1. The van der Waals surface area contributed by atoms with Gasteiger partial charge in [-0.3, -0.25) is 9.59 Å². The minimum atomic E-state index is -0.585. The first-order valence-corrected chi connectivity index (χ1v) is 8.76. The molecule has 0 fully saturated rings. The average molecular weight is 419 g/mol. The van der Waals surface area contributed by atoms with Crippen molar-refractivity contribution >= 4 is 38.7 Å². The third-order valence-corrected chi connectivity index (χ3v) is 4.41. The van der Waals surface area contributed by atoms with Crippen LogP contribution in [0.4, 0.5) is 4.39 Å². The van der Waals surface area contributed by atoms with Gasteiger partial charge < -0.3 is 15.1 Å². The van der Waals surface area contributed by atoms with Gasteiger partial charge in [-0.25, -0.2) is 4.39 Å². The summed E-state index contributed by atoms with van der Waals surface area (Å²) in [7, 11) is 0. The normalized spacial score (nSPS) is 10.7. The number of amides is 2. The SMILES string of the molecule is Cc1c(C(=O)NCCNC(=O)c2ccccc2F)oc2ccc(Br)cc12. The summed E-state index contributed by atoms with van der Waals surface area (Å²) in [6, 6.07) is 11.2. The maximum atomic E-state index is 13.5. The van der Waals surface area contributed by atoms with Crippen molar-refractivity contribution in [1.29, 1.82) is 0 Å². The summed E-state index contributed by atoms with van der Waals surface area (Å²) in [5.74, 6) is -1.24. The molecule has 134 valence electrons. The van der Waals surface area contributed by atoms with Crippen LogP contribution in [0.2, 0.25) is 0 Å². The lowest BCUT2D eigenvalue weighted by molar-refractivity contribution is 0.0910. The van der Waals surface area contributed by atoms with E-state index >= 15 is 0 Å². The Morgan fingerprint density at radius 2 is 1.77 bits per heavy atom. The molecule has 0 saturated heterocycles. The highest BCUT2D eigenvalue weighted by molar-refractivity contribution is 9.10. The standard InChI is InChI=1S/C19H16BrFN2O3/c1-11-14-10-12(20)6-7-16(14)26-17(11)19(25)23-9-8-22-18(24)13-4-2-3-5-15(13)21/h2-7,10H,8-9H2,1H3,(H,22,24)(H,23,25). The molecule has 0 atom stereocenters. The summed E-state index contributed by atoms with van der Waals surface area (Å²) in [5.41, 5.74) is 1.34. The maximum Gasteiger partial charge on any atom is 0.287 e. The minimum Gasteiger partial charge on any atom is -0.451 e. The molecule has 0 saturated carbocycles. The summed E-state index contributed by atoms with van der Waals surface area (Å²) in [6.45, 7) is 2.18. The summed E-state index contributed by atoms with van der Waals surface area (Å²) in [6.07, 6.45) is 0. The van der Waals surface area contributed by atoms with Crippen LogP contribution in [0.3, 0.4) is 0 Å². The maximum absolute atomic E-state index is 13.5. The van der Waals surface area contributed by atoms with Crippen LogP contribution in [-0.4, -0.2) is 24.9 Å². The van der Waals surface area contributed by atoms with E-state index in [0.717, 1.165) is 15.4 Å². The molecular weight excluding hydrogens is 403 g/mol. The molecule has 0 aliphatic heterocycles. The molecule has 0 radical (unpaired) electrons. The lowest BCUT2D eigenvalue weighted by atomic mass is 10.1. The number of rotatable bonds is 5. The Balaban J connectivity index is 1.57. The van der Waals surface area contributed by atoms with Crippen LogP contribution in [0.15, 0.2) is 51.4 Å². The van der Waals surface area contributed by atoms with E-state index in [4.69, 9.17) is 4.42 Å². The van der Waals surface area contributed by atoms with Crippen molar-refractivity contribution in [3.8, 4) is 0 Å². The van der Waals surface area contributed by atoms with E-state index in [1.165, 1.54) is 18.2 Å². The van der Waals surface area contributed by atoms with Crippen LogP contribution in [0.5, 0.6) is 0 Å². The van der Waals surface area contributed by atoms with Crippen molar-refractivity contribution in [1.82, 2.24) is 10.6 Å². The Morgan fingerprint density at radius 3 is 2.50 bits per heavy atom. The molecule has 0 aliphatic rings. The molecule has 7 heteroatoms. The largest absolute Gasteiger partial charge is 0.451 e. The summed E-state index contributed by atoms with van der Waals surface area (Å²) >= 11 is 3.39. The molecule has 3 aromatic rings.